The van der Waals surface area contributed by atoms with Gasteiger partial charge in [0.1, 0.15) is 18.8 Å². The van der Waals surface area contributed by atoms with E-state index in [0.717, 1.165) is 17.9 Å². The van der Waals surface area contributed by atoms with Crippen LogP contribution in [0.25, 0.3) is 0 Å². The Morgan fingerprint density at radius 1 is 1.22 bits per heavy atom. The van der Waals surface area contributed by atoms with Crippen LogP contribution in [-0.2, 0) is 4.74 Å². The minimum atomic E-state index is -0.140. The van der Waals surface area contributed by atoms with Crippen molar-refractivity contribution >= 4 is 5.82 Å². The highest BCUT2D eigenvalue weighted by Crippen LogP contribution is 2.20. The molecule has 0 unspecified atom stereocenters. The van der Waals surface area contributed by atoms with Gasteiger partial charge in [-0.25, -0.2) is 9.97 Å². The summed E-state index contributed by atoms with van der Waals surface area (Å²) in [5.74, 6) is 1.43. The van der Waals surface area contributed by atoms with Crippen LogP contribution in [0.4, 0.5) is 5.82 Å². The van der Waals surface area contributed by atoms with Crippen molar-refractivity contribution in [3.63, 3.8) is 0 Å². The molecule has 0 aromatic carbocycles. The number of hydrogen-bond donors (Lipinski definition) is 1. The second-order valence-corrected chi connectivity index (χ2v) is 4.99. The summed E-state index contributed by atoms with van der Waals surface area (Å²) in [6.45, 7) is 11.9. The molecule has 18 heavy (non-hydrogen) atoms. The summed E-state index contributed by atoms with van der Waals surface area (Å²) in [5, 5.41) is 3.17. The predicted octanol–water partition coefficient (Wildman–Crippen LogP) is 2.41. The molecule has 0 saturated heterocycles. The maximum Gasteiger partial charge on any atom is 0.221 e. The lowest BCUT2D eigenvalue weighted by atomic mass is 10.2. The average Bonchev–Trinajstić information content (AvgIpc) is 2.28. The Kier molecular flexibility index (Phi) is 5.34. The standard InChI is InChI=1S/C13H23N3O2/c1-6-14-11-10(2)12(16-9-15-11)17-7-8-18-13(3,4)5/h9H,6-8H2,1-5H3,(H,14,15,16). The fourth-order valence-corrected chi connectivity index (χ4v) is 1.41. The van der Waals surface area contributed by atoms with Gasteiger partial charge in [0.05, 0.1) is 17.8 Å². The second kappa shape index (κ2) is 6.54. The van der Waals surface area contributed by atoms with Gasteiger partial charge in [0.25, 0.3) is 0 Å². The molecule has 102 valence electrons. The maximum atomic E-state index is 5.60. The quantitative estimate of drug-likeness (QED) is 0.789. The summed E-state index contributed by atoms with van der Waals surface area (Å²) >= 11 is 0. The Balaban J connectivity index is 2.50. The van der Waals surface area contributed by atoms with E-state index in [-0.39, 0.29) is 5.60 Å². The van der Waals surface area contributed by atoms with Gasteiger partial charge in [-0.2, -0.15) is 0 Å². The van der Waals surface area contributed by atoms with Gasteiger partial charge in [-0.3, -0.25) is 0 Å². The number of ether oxygens (including phenoxy) is 2. The first-order chi connectivity index (χ1) is 8.44. The van der Waals surface area contributed by atoms with Crippen LogP contribution in [0.1, 0.15) is 33.3 Å². The van der Waals surface area contributed by atoms with Gasteiger partial charge in [-0.05, 0) is 34.6 Å². The van der Waals surface area contributed by atoms with Crippen molar-refractivity contribution in [2.75, 3.05) is 25.1 Å². The number of nitrogens with zero attached hydrogens (tertiary/aromatic N) is 2. The van der Waals surface area contributed by atoms with Crippen LogP contribution in [0, 0.1) is 6.92 Å². The number of hydrogen-bond acceptors (Lipinski definition) is 5. The highest BCUT2D eigenvalue weighted by atomic mass is 16.5. The Morgan fingerprint density at radius 2 is 1.94 bits per heavy atom. The second-order valence-electron chi connectivity index (χ2n) is 4.99. The predicted molar refractivity (Wildman–Crippen MR) is 72.1 cm³/mol. The van der Waals surface area contributed by atoms with Gasteiger partial charge in [0.15, 0.2) is 0 Å². The molecular weight excluding hydrogens is 230 g/mol. The SMILES string of the molecule is CCNc1ncnc(OCCOC(C)(C)C)c1C. The summed E-state index contributed by atoms with van der Waals surface area (Å²) in [7, 11) is 0. The van der Waals surface area contributed by atoms with Gasteiger partial charge < -0.3 is 14.8 Å². The molecular formula is C13H23N3O2. The minimum absolute atomic E-state index is 0.140. The van der Waals surface area contributed by atoms with Crippen LogP contribution in [0.3, 0.4) is 0 Å². The van der Waals surface area contributed by atoms with Gasteiger partial charge >= 0.3 is 0 Å². The van der Waals surface area contributed by atoms with Crippen LogP contribution >= 0.6 is 0 Å². The van der Waals surface area contributed by atoms with Crippen molar-refractivity contribution in [1.82, 2.24) is 9.97 Å². The first kappa shape index (κ1) is 14.7. The van der Waals surface area contributed by atoms with Crippen molar-refractivity contribution in [2.45, 2.75) is 40.2 Å². The summed E-state index contributed by atoms with van der Waals surface area (Å²) in [6.07, 6.45) is 1.50. The van der Waals surface area contributed by atoms with E-state index in [1.807, 2.05) is 34.6 Å². The van der Waals surface area contributed by atoms with Gasteiger partial charge in [0.2, 0.25) is 5.88 Å². The Morgan fingerprint density at radius 3 is 2.56 bits per heavy atom. The molecule has 1 N–H and O–H groups in total. The fourth-order valence-electron chi connectivity index (χ4n) is 1.41. The molecule has 0 aliphatic rings. The monoisotopic (exact) mass is 253 g/mol. The zero-order chi connectivity index (χ0) is 13.6. The van der Waals surface area contributed by atoms with E-state index in [0.29, 0.717) is 19.1 Å². The molecule has 1 heterocycles. The molecule has 0 spiro atoms. The molecule has 0 saturated carbocycles. The van der Waals surface area contributed by atoms with Gasteiger partial charge in [0, 0.05) is 6.54 Å². The van der Waals surface area contributed by atoms with Gasteiger partial charge in [-0.1, -0.05) is 0 Å². The van der Waals surface area contributed by atoms with Crippen molar-refractivity contribution < 1.29 is 9.47 Å². The summed E-state index contributed by atoms with van der Waals surface area (Å²) < 4.78 is 11.2. The number of anilines is 1. The average molecular weight is 253 g/mol. The maximum absolute atomic E-state index is 5.60. The zero-order valence-electron chi connectivity index (χ0n) is 11.9. The van der Waals surface area contributed by atoms with E-state index in [4.69, 9.17) is 9.47 Å². The first-order valence-electron chi connectivity index (χ1n) is 6.26. The molecule has 0 amide bonds. The lowest BCUT2D eigenvalue weighted by Gasteiger charge is -2.19. The third-order valence-corrected chi connectivity index (χ3v) is 2.24. The Labute approximate surface area is 109 Å². The summed E-state index contributed by atoms with van der Waals surface area (Å²) in [4.78, 5) is 8.29. The smallest absolute Gasteiger partial charge is 0.221 e. The van der Waals surface area contributed by atoms with Crippen LogP contribution < -0.4 is 10.1 Å². The van der Waals surface area contributed by atoms with Crippen LogP contribution in [-0.4, -0.2) is 35.3 Å². The number of rotatable bonds is 6. The fraction of sp³-hybridized carbons (Fsp3) is 0.692. The third-order valence-electron chi connectivity index (χ3n) is 2.24. The number of aromatic nitrogens is 2. The summed E-state index contributed by atoms with van der Waals surface area (Å²) in [5.41, 5.74) is 0.786. The van der Waals surface area contributed by atoms with Crippen LogP contribution in [0.15, 0.2) is 6.33 Å². The molecule has 5 nitrogen and oxygen atoms in total. The van der Waals surface area contributed by atoms with E-state index in [2.05, 4.69) is 15.3 Å². The number of nitrogens with one attached hydrogen (secondary N) is 1. The molecule has 5 heteroatoms. The van der Waals surface area contributed by atoms with Gasteiger partial charge in [-0.15, -0.1) is 0 Å². The lowest BCUT2D eigenvalue weighted by molar-refractivity contribution is -0.0168. The molecule has 0 bridgehead atoms. The van der Waals surface area contributed by atoms with E-state index >= 15 is 0 Å². The van der Waals surface area contributed by atoms with E-state index in [9.17, 15) is 0 Å². The van der Waals surface area contributed by atoms with Crippen LogP contribution in [0.2, 0.25) is 0 Å². The Bertz CT molecular complexity index is 375. The highest BCUT2D eigenvalue weighted by molar-refractivity contribution is 5.47. The highest BCUT2D eigenvalue weighted by Gasteiger charge is 2.11. The largest absolute Gasteiger partial charge is 0.475 e. The lowest BCUT2D eigenvalue weighted by Crippen LogP contribution is -2.22. The molecule has 1 aromatic heterocycles. The third kappa shape index (κ3) is 4.87. The summed E-state index contributed by atoms with van der Waals surface area (Å²) in [6, 6.07) is 0. The molecule has 0 fully saturated rings. The molecule has 0 aliphatic carbocycles. The van der Waals surface area contributed by atoms with Crippen molar-refractivity contribution in [2.24, 2.45) is 0 Å². The van der Waals surface area contributed by atoms with E-state index in [1.165, 1.54) is 6.33 Å². The zero-order valence-corrected chi connectivity index (χ0v) is 11.9. The molecule has 0 radical (unpaired) electrons. The Hall–Kier alpha value is -1.36. The first-order valence-corrected chi connectivity index (χ1v) is 6.26. The van der Waals surface area contributed by atoms with Crippen molar-refractivity contribution in [3.05, 3.63) is 11.9 Å². The normalized spacial score (nSPS) is 11.4. The van der Waals surface area contributed by atoms with Crippen molar-refractivity contribution in [3.8, 4) is 5.88 Å². The van der Waals surface area contributed by atoms with Crippen molar-refractivity contribution in [1.29, 1.82) is 0 Å². The molecule has 1 aromatic rings. The molecule has 0 atom stereocenters. The molecule has 1 rings (SSSR count). The van der Waals surface area contributed by atoms with Crippen LogP contribution in [0.5, 0.6) is 5.88 Å². The van der Waals surface area contributed by atoms with E-state index < -0.39 is 0 Å². The minimum Gasteiger partial charge on any atom is -0.475 e. The topological polar surface area (TPSA) is 56.3 Å². The molecule has 0 aliphatic heterocycles. The van der Waals surface area contributed by atoms with E-state index in [1.54, 1.807) is 0 Å².